The molecule has 1 atom stereocenters. The van der Waals surface area contributed by atoms with Crippen LogP contribution >= 0.6 is 0 Å². The van der Waals surface area contributed by atoms with Gasteiger partial charge in [-0.15, -0.1) is 0 Å². The second-order valence-corrected chi connectivity index (χ2v) is 4.99. The molecular formula is C14H19N3O4. The molecule has 1 aromatic carbocycles. The van der Waals surface area contributed by atoms with Crippen LogP contribution in [0.25, 0.3) is 0 Å². The predicted molar refractivity (Wildman–Crippen MR) is 77.7 cm³/mol. The van der Waals surface area contributed by atoms with E-state index in [1.807, 2.05) is 0 Å². The Balaban J connectivity index is 2.06. The molecule has 0 radical (unpaired) electrons. The van der Waals surface area contributed by atoms with Crippen molar-refractivity contribution in [3.63, 3.8) is 0 Å². The second-order valence-electron chi connectivity index (χ2n) is 4.99. The summed E-state index contributed by atoms with van der Waals surface area (Å²) >= 11 is 0. The number of anilines is 1. The Morgan fingerprint density at radius 2 is 2.29 bits per heavy atom. The van der Waals surface area contributed by atoms with Gasteiger partial charge in [-0.2, -0.15) is 0 Å². The molecule has 1 saturated heterocycles. The van der Waals surface area contributed by atoms with Gasteiger partial charge < -0.3 is 25.8 Å². The standard InChI is InChI=1S/C14H19N3O4/c1-21-12-6-10(2-3-11(12)13(18)19)16-14(20)17-5-4-9(7-15)8-17/h2-3,6,9H,4-5,7-8,15H2,1H3,(H,16,20)(H,18,19). The second kappa shape index (κ2) is 6.45. The fourth-order valence-corrected chi connectivity index (χ4v) is 2.36. The first-order chi connectivity index (χ1) is 10.0. The van der Waals surface area contributed by atoms with Crippen molar-refractivity contribution in [1.82, 2.24) is 4.90 Å². The Hall–Kier alpha value is -2.28. The molecule has 1 aliphatic heterocycles. The summed E-state index contributed by atoms with van der Waals surface area (Å²) in [5.74, 6) is -0.517. The number of urea groups is 1. The largest absolute Gasteiger partial charge is 0.496 e. The molecule has 0 aliphatic carbocycles. The fraction of sp³-hybridized carbons (Fsp3) is 0.429. The third-order valence-electron chi connectivity index (χ3n) is 3.59. The number of nitrogens with two attached hydrogens (primary N) is 1. The van der Waals surface area contributed by atoms with E-state index in [4.69, 9.17) is 15.6 Å². The van der Waals surface area contributed by atoms with Crippen LogP contribution in [0.4, 0.5) is 10.5 Å². The molecule has 1 unspecified atom stereocenters. The molecule has 7 heteroatoms. The van der Waals surface area contributed by atoms with E-state index in [0.29, 0.717) is 31.2 Å². The molecule has 2 rings (SSSR count). The molecule has 1 aromatic rings. The summed E-state index contributed by atoms with van der Waals surface area (Å²) in [6.07, 6.45) is 0.908. The topological polar surface area (TPSA) is 105 Å². The summed E-state index contributed by atoms with van der Waals surface area (Å²) in [6.45, 7) is 1.90. The van der Waals surface area contributed by atoms with Gasteiger partial charge in [0.05, 0.1) is 7.11 Å². The summed E-state index contributed by atoms with van der Waals surface area (Å²) in [6, 6.07) is 4.23. The SMILES string of the molecule is COc1cc(NC(=O)N2CCC(CN)C2)ccc1C(=O)O. The number of aromatic carboxylic acids is 1. The minimum absolute atomic E-state index is 0.0554. The number of rotatable bonds is 4. The maximum atomic E-state index is 12.1. The van der Waals surface area contributed by atoms with Crippen LogP contribution in [0.3, 0.4) is 0 Å². The molecule has 21 heavy (non-hydrogen) atoms. The number of carboxylic acid groups (broad SMARTS) is 1. The third kappa shape index (κ3) is 3.43. The summed E-state index contributed by atoms with van der Waals surface area (Å²) in [7, 11) is 1.39. The molecule has 0 spiro atoms. The van der Waals surface area contributed by atoms with E-state index in [1.54, 1.807) is 11.0 Å². The first-order valence-corrected chi connectivity index (χ1v) is 6.72. The zero-order valence-electron chi connectivity index (χ0n) is 11.8. The Bertz CT molecular complexity index is 547. The van der Waals surface area contributed by atoms with Crippen LogP contribution < -0.4 is 15.8 Å². The van der Waals surface area contributed by atoms with Crippen molar-refractivity contribution in [2.45, 2.75) is 6.42 Å². The lowest BCUT2D eigenvalue weighted by Gasteiger charge is -2.17. The maximum absolute atomic E-state index is 12.1. The van der Waals surface area contributed by atoms with Gasteiger partial charge in [0, 0.05) is 24.8 Å². The lowest BCUT2D eigenvalue weighted by Crippen LogP contribution is -2.33. The summed E-state index contributed by atoms with van der Waals surface area (Å²) in [4.78, 5) is 24.8. The number of carbonyl (C=O) groups excluding carboxylic acids is 1. The molecule has 0 aromatic heterocycles. The van der Waals surface area contributed by atoms with Crippen molar-refractivity contribution in [1.29, 1.82) is 0 Å². The molecule has 1 fully saturated rings. The van der Waals surface area contributed by atoms with Gasteiger partial charge in [0.1, 0.15) is 11.3 Å². The summed E-state index contributed by atoms with van der Waals surface area (Å²) in [5.41, 5.74) is 6.15. The molecule has 1 heterocycles. The van der Waals surface area contributed by atoms with Crippen LogP contribution in [0.1, 0.15) is 16.8 Å². The van der Waals surface area contributed by atoms with Crippen molar-refractivity contribution < 1.29 is 19.4 Å². The zero-order valence-corrected chi connectivity index (χ0v) is 11.8. The minimum Gasteiger partial charge on any atom is -0.496 e. The number of hydrogen-bond acceptors (Lipinski definition) is 4. The van der Waals surface area contributed by atoms with Crippen molar-refractivity contribution in [2.75, 3.05) is 32.1 Å². The van der Waals surface area contributed by atoms with Gasteiger partial charge in [0.25, 0.3) is 0 Å². The molecule has 2 amide bonds. The number of hydrogen-bond donors (Lipinski definition) is 3. The van der Waals surface area contributed by atoms with Gasteiger partial charge in [-0.25, -0.2) is 9.59 Å². The lowest BCUT2D eigenvalue weighted by molar-refractivity contribution is 0.0693. The number of nitrogens with one attached hydrogen (secondary N) is 1. The van der Waals surface area contributed by atoms with Crippen molar-refractivity contribution >= 4 is 17.7 Å². The maximum Gasteiger partial charge on any atom is 0.339 e. The van der Waals surface area contributed by atoms with E-state index >= 15 is 0 Å². The van der Waals surface area contributed by atoms with Gasteiger partial charge in [0.2, 0.25) is 0 Å². The number of benzene rings is 1. The van der Waals surface area contributed by atoms with Gasteiger partial charge in [0.15, 0.2) is 0 Å². The average Bonchev–Trinajstić information content (AvgIpc) is 2.95. The van der Waals surface area contributed by atoms with Gasteiger partial charge in [-0.3, -0.25) is 0 Å². The van der Waals surface area contributed by atoms with E-state index < -0.39 is 5.97 Å². The summed E-state index contributed by atoms with van der Waals surface area (Å²) < 4.78 is 5.03. The highest BCUT2D eigenvalue weighted by molar-refractivity contribution is 5.94. The molecule has 7 nitrogen and oxygen atoms in total. The lowest BCUT2D eigenvalue weighted by atomic mass is 10.1. The van der Waals surface area contributed by atoms with E-state index in [2.05, 4.69) is 5.32 Å². The first kappa shape index (κ1) is 15.1. The monoisotopic (exact) mass is 293 g/mol. The van der Waals surface area contributed by atoms with E-state index in [-0.39, 0.29) is 17.3 Å². The van der Waals surface area contributed by atoms with Crippen LogP contribution in [0.15, 0.2) is 18.2 Å². The number of amides is 2. The highest BCUT2D eigenvalue weighted by atomic mass is 16.5. The fourth-order valence-electron chi connectivity index (χ4n) is 2.36. The molecule has 4 N–H and O–H groups in total. The molecule has 1 aliphatic rings. The highest BCUT2D eigenvalue weighted by Crippen LogP contribution is 2.24. The number of carbonyl (C=O) groups is 2. The number of carboxylic acids is 1. The number of ether oxygens (including phenoxy) is 1. The Morgan fingerprint density at radius 1 is 1.52 bits per heavy atom. The molecule has 0 bridgehead atoms. The Labute approximate surface area is 122 Å². The third-order valence-corrected chi connectivity index (χ3v) is 3.59. The molecular weight excluding hydrogens is 274 g/mol. The summed E-state index contributed by atoms with van der Waals surface area (Å²) in [5, 5.41) is 11.8. The smallest absolute Gasteiger partial charge is 0.339 e. The quantitative estimate of drug-likeness (QED) is 0.773. The van der Waals surface area contributed by atoms with Crippen LogP contribution in [0.2, 0.25) is 0 Å². The number of methoxy groups -OCH3 is 1. The first-order valence-electron chi connectivity index (χ1n) is 6.72. The van der Waals surface area contributed by atoms with Gasteiger partial charge in [-0.1, -0.05) is 0 Å². The van der Waals surface area contributed by atoms with Gasteiger partial charge >= 0.3 is 12.0 Å². The highest BCUT2D eigenvalue weighted by Gasteiger charge is 2.25. The number of likely N-dealkylation sites (tertiary alicyclic amines) is 1. The molecule has 114 valence electrons. The molecule has 0 saturated carbocycles. The predicted octanol–water partition coefficient (Wildman–Crippen LogP) is 1.21. The van der Waals surface area contributed by atoms with E-state index in [1.165, 1.54) is 19.2 Å². The van der Waals surface area contributed by atoms with Crippen LogP contribution in [0, 0.1) is 5.92 Å². The Morgan fingerprint density at radius 3 is 2.86 bits per heavy atom. The van der Waals surface area contributed by atoms with Crippen LogP contribution in [-0.4, -0.2) is 48.8 Å². The van der Waals surface area contributed by atoms with Crippen LogP contribution in [0.5, 0.6) is 5.75 Å². The zero-order chi connectivity index (χ0) is 15.4. The normalized spacial score (nSPS) is 17.6. The Kier molecular flexibility index (Phi) is 4.64. The number of nitrogens with zero attached hydrogens (tertiary/aromatic N) is 1. The van der Waals surface area contributed by atoms with Crippen LogP contribution in [-0.2, 0) is 0 Å². The van der Waals surface area contributed by atoms with Crippen molar-refractivity contribution in [3.05, 3.63) is 23.8 Å². The van der Waals surface area contributed by atoms with Crippen molar-refractivity contribution in [2.24, 2.45) is 11.7 Å². The van der Waals surface area contributed by atoms with Gasteiger partial charge in [-0.05, 0) is 31.0 Å². The van der Waals surface area contributed by atoms with E-state index in [0.717, 1.165) is 6.42 Å². The average molecular weight is 293 g/mol. The van der Waals surface area contributed by atoms with Crippen molar-refractivity contribution in [3.8, 4) is 5.75 Å². The minimum atomic E-state index is -1.07. The van der Waals surface area contributed by atoms with E-state index in [9.17, 15) is 9.59 Å².